The van der Waals surface area contributed by atoms with Crippen molar-refractivity contribution in [1.82, 2.24) is 9.55 Å². The summed E-state index contributed by atoms with van der Waals surface area (Å²) in [5, 5.41) is 10.5. The molecule has 3 aromatic carbocycles. The van der Waals surface area contributed by atoms with Crippen LogP contribution in [0.25, 0.3) is 16.0 Å². The number of nitrogens with zero attached hydrogens (tertiary/aromatic N) is 3. The third kappa shape index (κ3) is 5.63. The van der Waals surface area contributed by atoms with Crippen molar-refractivity contribution in [3.05, 3.63) is 113 Å². The molecule has 2 heterocycles. The average molecular weight is 552 g/mol. The van der Waals surface area contributed by atoms with Gasteiger partial charge in [0, 0.05) is 0 Å². The minimum Gasteiger partial charge on any atom is -0.477 e. The molecule has 0 radical (unpaired) electrons. The van der Waals surface area contributed by atoms with E-state index in [1.165, 1.54) is 18.2 Å². The monoisotopic (exact) mass is 551 g/mol. The van der Waals surface area contributed by atoms with Gasteiger partial charge >= 0.3 is 18.2 Å². The maximum Gasteiger partial charge on any atom is 0.416 e. The van der Waals surface area contributed by atoms with Gasteiger partial charge in [-0.05, 0) is 41.5 Å². The van der Waals surface area contributed by atoms with Gasteiger partial charge < -0.3 is 9.84 Å². The first-order chi connectivity index (χ1) is 18.7. The van der Waals surface area contributed by atoms with Crippen LogP contribution >= 0.6 is 11.3 Å². The Morgan fingerprint density at radius 1 is 0.949 bits per heavy atom. The number of imidazole rings is 1. The number of hydrogen-bond acceptors (Lipinski definition) is 5. The van der Waals surface area contributed by atoms with Crippen molar-refractivity contribution in [3.63, 3.8) is 0 Å². The first-order valence-corrected chi connectivity index (χ1v) is 12.5. The summed E-state index contributed by atoms with van der Waals surface area (Å²) in [5.74, 6) is -1.26. The van der Waals surface area contributed by atoms with Crippen molar-refractivity contribution in [2.75, 3.05) is 4.90 Å². The maximum atomic E-state index is 13.3. The van der Waals surface area contributed by atoms with Crippen molar-refractivity contribution in [3.8, 4) is 5.00 Å². The second-order valence-electron chi connectivity index (χ2n) is 8.53. The SMILES string of the molecule is O=C(O)c1sc(-n2cnc3ccccc32)cc1N(Cc1ccc(C(F)(F)F)cc1)C(=O)OCc1ccccc1. The number of carboxylic acid groups (broad SMARTS) is 1. The zero-order valence-corrected chi connectivity index (χ0v) is 20.9. The largest absolute Gasteiger partial charge is 0.477 e. The van der Waals surface area contributed by atoms with E-state index in [0.29, 0.717) is 16.1 Å². The Labute approximate surface area is 224 Å². The first kappa shape index (κ1) is 26.0. The van der Waals surface area contributed by atoms with Crippen molar-refractivity contribution < 1.29 is 32.6 Å². The van der Waals surface area contributed by atoms with Crippen LogP contribution in [0.1, 0.15) is 26.4 Å². The highest BCUT2D eigenvalue weighted by atomic mass is 32.1. The van der Waals surface area contributed by atoms with Crippen LogP contribution in [0.5, 0.6) is 0 Å². The van der Waals surface area contributed by atoms with E-state index in [9.17, 15) is 27.9 Å². The number of carboxylic acids is 1. The number of amides is 1. The van der Waals surface area contributed by atoms with Crippen molar-refractivity contribution in [2.24, 2.45) is 0 Å². The van der Waals surface area contributed by atoms with Gasteiger partial charge in [-0.1, -0.05) is 54.6 Å². The fourth-order valence-corrected chi connectivity index (χ4v) is 4.99. The van der Waals surface area contributed by atoms with Crippen LogP contribution in [-0.4, -0.2) is 26.7 Å². The normalized spacial score (nSPS) is 11.5. The summed E-state index contributed by atoms with van der Waals surface area (Å²) < 4.78 is 46.4. The highest BCUT2D eigenvalue weighted by molar-refractivity contribution is 7.17. The zero-order chi connectivity index (χ0) is 27.6. The van der Waals surface area contributed by atoms with Crippen LogP contribution < -0.4 is 4.90 Å². The number of para-hydroxylation sites is 2. The lowest BCUT2D eigenvalue weighted by Crippen LogP contribution is -2.31. The number of ether oxygens (including phenoxy) is 1. The van der Waals surface area contributed by atoms with Crippen LogP contribution in [0.4, 0.5) is 23.7 Å². The molecule has 0 saturated heterocycles. The molecule has 0 saturated carbocycles. The molecule has 5 rings (SSSR count). The number of fused-ring (bicyclic) bond motifs is 1. The van der Waals surface area contributed by atoms with Gasteiger partial charge in [-0.2, -0.15) is 13.2 Å². The highest BCUT2D eigenvalue weighted by Gasteiger charge is 2.31. The molecular weight excluding hydrogens is 531 g/mol. The molecule has 0 fully saturated rings. The Morgan fingerprint density at radius 2 is 1.64 bits per heavy atom. The molecule has 0 spiro atoms. The van der Waals surface area contributed by atoms with Crippen LogP contribution in [0.15, 0.2) is 91.3 Å². The van der Waals surface area contributed by atoms with Crippen LogP contribution in [0.3, 0.4) is 0 Å². The fraction of sp³-hybridized carbons (Fsp3) is 0.107. The number of aromatic nitrogens is 2. The molecule has 0 atom stereocenters. The summed E-state index contributed by atoms with van der Waals surface area (Å²) in [6.07, 6.45) is -3.81. The van der Waals surface area contributed by atoms with E-state index in [1.54, 1.807) is 35.2 Å². The van der Waals surface area contributed by atoms with Gasteiger partial charge in [0.05, 0.1) is 28.8 Å². The minimum atomic E-state index is -4.51. The summed E-state index contributed by atoms with van der Waals surface area (Å²) in [6, 6.07) is 22.1. The Morgan fingerprint density at radius 3 is 2.33 bits per heavy atom. The summed E-state index contributed by atoms with van der Waals surface area (Å²) >= 11 is 0.942. The van der Waals surface area contributed by atoms with Crippen LogP contribution in [0.2, 0.25) is 0 Å². The number of aromatic carboxylic acids is 1. The van der Waals surface area contributed by atoms with E-state index in [4.69, 9.17) is 4.74 Å². The molecule has 0 aliphatic rings. The molecule has 5 aromatic rings. The number of alkyl halides is 3. The van der Waals surface area contributed by atoms with Crippen molar-refractivity contribution in [1.29, 1.82) is 0 Å². The molecule has 0 aliphatic carbocycles. The average Bonchev–Trinajstić information content (AvgIpc) is 3.55. The molecule has 0 unspecified atom stereocenters. The van der Waals surface area contributed by atoms with E-state index < -0.39 is 23.8 Å². The molecule has 0 aliphatic heterocycles. The van der Waals surface area contributed by atoms with Gasteiger partial charge in [0.25, 0.3) is 0 Å². The number of benzene rings is 3. The lowest BCUT2D eigenvalue weighted by atomic mass is 10.1. The maximum absolute atomic E-state index is 13.3. The van der Waals surface area contributed by atoms with E-state index in [2.05, 4.69) is 4.98 Å². The van der Waals surface area contributed by atoms with Gasteiger partial charge in [0.1, 0.15) is 22.8 Å². The topological polar surface area (TPSA) is 84.7 Å². The zero-order valence-electron chi connectivity index (χ0n) is 20.1. The van der Waals surface area contributed by atoms with Gasteiger partial charge in [0.2, 0.25) is 0 Å². The number of hydrogen-bond donors (Lipinski definition) is 1. The Bertz CT molecular complexity index is 1630. The predicted molar refractivity (Wildman–Crippen MR) is 140 cm³/mol. The van der Waals surface area contributed by atoms with Crippen LogP contribution in [0, 0.1) is 0 Å². The number of rotatable bonds is 7. The number of anilines is 1. The molecule has 2 aromatic heterocycles. The van der Waals surface area contributed by atoms with Crippen LogP contribution in [-0.2, 0) is 24.1 Å². The van der Waals surface area contributed by atoms with E-state index >= 15 is 0 Å². The summed E-state index contributed by atoms with van der Waals surface area (Å²) in [5.41, 5.74) is 1.74. The predicted octanol–water partition coefficient (Wildman–Crippen LogP) is 7.15. The standard InChI is InChI=1S/C28H20F3N3O4S/c29-28(30,31)20-12-10-18(11-13-20)15-33(27(37)38-16-19-6-2-1-3-7-19)23-14-24(39-25(23)26(35)36)34-17-32-21-8-4-5-9-22(21)34/h1-14,17H,15-16H2,(H,35,36). The molecule has 1 N–H and O–H groups in total. The Hall–Kier alpha value is -4.64. The fourth-order valence-electron chi connectivity index (χ4n) is 4.00. The molecule has 198 valence electrons. The lowest BCUT2D eigenvalue weighted by Gasteiger charge is -2.22. The lowest BCUT2D eigenvalue weighted by molar-refractivity contribution is -0.137. The number of carbonyl (C=O) groups excluding carboxylic acids is 1. The first-order valence-electron chi connectivity index (χ1n) is 11.6. The quantitative estimate of drug-likeness (QED) is 0.232. The minimum absolute atomic E-state index is 0.0539. The molecule has 1 amide bonds. The number of carbonyl (C=O) groups is 2. The third-order valence-corrected chi connectivity index (χ3v) is 7.03. The Balaban J connectivity index is 1.53. The summed E-state index contributed by atoms with van der Waals surface area (Å²) in [4.78, 5) is 30.9. The third-order valence-electron chi connectivity index (χ3n) is 5.92. The molecule has 0 bridgehead atoms. The molecule has 7 nitrogen and oxygen atoms in total. The second kappa shape index (κ2) is 10.6. The number of thiophene rings is 1. The van der Waals surface area contributed by atoms with Crippen molar-refractivity contribution >= 4 is 40.1 Å². The molecular formula is C28H20F3N3O4S. The highest BCUT2D eigenvalue weighted by Crippen LogP contribution is 2.36. The smallest absolute Gasteiger partial charge is 0.416 e. The molecule has 11 heteroatoms. The van der Waals surface area contributed by atoms with Gasteiger partial charge in [-0.15, -0.1) is 11.3 Å². The molecule has 39 heavy (non-hydrogen) atoms. The van der Waals surface area contributed by atoms with E-state index in [-0.39, 0.29) is 23.7 Å². The van der Waals surface area contributed by atoms with Crippen molar-refractivity contribution in [2.45, 2.75) is 19.3 Å². The second-order valence-corrected chi connectivity index (χ2v) is 9.56. The van der Waals surface area contributed by atoms with E-state index in [1.807, 2.05) is 30.3 Å². The Kier molecular flexibility index (Phi) is 7.07. The van der Waals surface area contributed by atoms with Gasteiger partial charge in [0.15, 0.2) is 0 Å². The van der Waals surface area contributed by atoms with Gasteiger partial charge in [-0.3, -0.25) is 9.47 Å². The summed E-state index contributed by atoms with van der Waals surface area (Å²) in [6.45, 7) is -0.290. The van der Waals surface area contributed by atoms with E-state index in [0.717, 1.165) is 39.4 Å². The summed E-state index contributed by atoms with van der Waals surface area (Å²) in [7, 11) is 0. The van der Waals surface area contributed by atoms with Gasteiger partial charge in [-0.25, -0.2) is 14.6 Å². The number of halogens is 3.